The van der Waals surface area contributed by atoms with Crippen LogP contribution in [-0.4, -0.2) is 47.9 Å². The zero-order chi connectivity index (χ0) is 19.4. The van der Waals surface area contributed by atoms with Gasteiger partial charge in [-0.1, -0.05) is 29.8 Å². The summed E-state index contributed by atoms with van der Waals surface area (Å²) in [6, 6.07) is 12.8. The largest absolute Gasteiger partial charge is 0.353 e. The van der Waals surface area contributed by atoms with Gasteiger partial charge < -0.3 is 15.1 Å². The van der Waals surface area contributed by atoms with Crippen molar-refractivity contribution in [1.82, 2.24) is 9.88 Å². The number of aromatic nitrogens is 1. The molecule has 27 heavy (non-hydrogen) atoms. The van der Waals surface area contributed by atoms with Crippen molar-refractivity contribution >= 4 is 34.9 Å². The van der Waals surface area contributed by atoms with Crippen molar-refractivity contribution in [3.8, 4) is 0 Å². The van der Waals surface area contributed by atoms with Gasteiger partial charge in [-0.3, -0.25) is 9.59 Å². The van der Waals surface area contributed by atoms with Crippen LogP contribution in [0.1, 0.15) is 13.8 Å². The van der Waals surface area contributed by atoms with Gasteiger partial charge in [0.2, 0.25) is 11.8 Å². The second kappa shape index (κ2) is 7.96. The minimum atomic E-state index is -1.19. The number of nitrogens with zero attached hydrogens (tertiary/aromatic N) is 3. The molecule has 1 saturated heterocycles. The summed E-state index contributed by atoms with van der Waals surface area (Å²) in [4.78, 5) is 33.9. The number of benzene rings is 1. The fourth-order valence-electron chi connectivity index (χ4n) is 3.01. The first-order chi connectivity index (χ1) is 12.9. The highest BCUT2D eigenvalue weighted by Crippen LogP contribution is 2.26. The number of para-hydroxylation sites is 1. The number of anilines is 2. The molecule has 142 valence electrons. The topological polar surface area (TPSA) is 65.5 Å². The molecule has 6 nitrogen and oxygen atoms in total. The number of halogens is 1. The van der Waals surface area contributed by atoms with Crippen molar-refractivity contribution in [2.75, 3.05) is 36.4 Å². The molecule has 1 aliphatic heterocycles. The number of carbonyl (C=O) groups is 2. The molecule has 2 aromatic rings. The lowest BCUT2D eigenvalue weighted by atomic mass is 9.89. The van der Waals surface area contributed by atoms with Gasteiger partial charge in [0.05, 0.1) is 10.7 Å². The Labute approximate surface area is 164 Å². The van der Waals surface area contributed by atoms with Gasteiger partial charge in [0.1, 0.15) is 11.2 Å². The highest BCUT2D eigenvalue weighted by molar-refractivity contribution is 6.33. The van der Waals surface area contributed by atoms with Crippen LogP contribution < -0.4 is 10.2 Å². The van der Waals surface area contributed by atoms with Crippen molar-refractivity contribution in [2.45, 2.75) is 13.8 Å². The highest BCUT2D eigenvalue weighted by atomic mass is 35.5. The predicted molar refractivity (Wildman–Crippen MR) is 107 cm³/mol. The Kier molecular flexibility index (Phi) is 5.65. The van der Waals surface area contributed by atoms with Crippen LogP contribution in [-0.2, 0) is 9.59 Å². The average Bonchev–Trinajstić information content (AvgIpc) is 2.70. The Balaban J connectivity index is 1.62. The first kappa shape index (κ1) is 19.2. The van der Waals surface area contributed by atoms with E-state index in [-0.39, 0.29) is 11.8 Å². The smallest absolute Gasteiger partial charge is 0.239 e. The minimum absolute atomic E-state index is 0.187. The first-order valence-electron chi connectivity index (χ1n) is 8.91. The lowest BCUT2D eigenvalue weighted by Crippen LogP contribution is -2.54. The monoisotopic (exact) mass is 386 g/mol. The number of amides is 2. The number of hydrogen-bond donors (Lipinski definition) is 1. The van der Waals surface area contributed by atoms with Gasteiger partial charge in [0, 0.05) is 32.4 Å². The molecular formula is C20H23ClN4O2. The van der Waals surface area contributed by atoms with Gasteiger partial charge in [0.15, 0.2) is 0 Å². The van der Waals surface area contributed by atoms with E-state index in [9.17, 15) is 9.59 Å². The predicted octanol–water partition coefficient (Wildman–Crippen LogP) is 3.05. The molecule has 0 saturated carbocycles. The molecule has 1 aromatic carbocycles. The van der Waals surface area contributed by atoms with E-state index in [1.165, 1.54) is 0 Å². The molecule has 2 amide bonds. The van der Waals surface area contributed by atoms with Gasteiger partial charge in [-0.05, 0) is 38.1 Å². The molecule has 0 spiro atoms. The van der Waals surface area contributed by atoms with E-state index >= 15 is 0 Å². The second-order valence-electron chi connectivity index (χ2n) is 7.03. The van der Waals surface area contributed by atoms with E-state index in [1.54, 1.807) is 49.2 Å². The molecule has 0 aliphatic carbocycles. The molecule has 7 heteroatoms. The minimum Gasteiger partial charge on any atom is -0.353 e. The van der Waals surface area contributed by atoms with E-state index in [0.29, 0.717) is 36.9 Å². The third kappa shape index (κ3) is 4.22. The number of rotatable bonds is 4. The lowest BCUT2D eigenvalue weighted by molar-refractivity contribution is -0.146. The summed E-state index contributed by atoms with van der Waals surface area (Å²) in [6.07, 6.45) is 1.76. The number of carbonyl (C=O) groups excluding carboxylic acids is 2. The van der Waals surface area contributed by atoms with Crippen LogP contribution >= 0.6 is 11.6 Å². The molecule has 1 fully saturated rings. The standard InChI is InChI=1S/C20H23ClN4O2/c1-20(2,18(26)23-16-8-4-3-7-15(16)21)19(27)25-13-11-24(12-14-25)17-9-5-6-10-22-17/h3-10H,11-14H2,1-2H3,(H,23,26). The van der Waals surface area contributed by atoms with Crippen LogP contribution in [0.4, 0.5) is 11.5 Å². The summed E-state index contributed by atoms with van der Waals surface area (Å²) in [5, 5.41) is 3.21. The average molecular weight is 387 g/mol. The summed E-state index contributed by atoms with van der Waals surface area (Å²) in [5.74, 6) is 0.348. The lowest BCUT2D eigenvalue weighted by Gasteiger charge is -2.38. The normalized spacial score (nSPS) is 14.8. The molecule has 0 unspecified atom stereocenters. The van der Waals surface area contributed by atoms with Crippen molar-refractivity contribution in [2.24, 2.45) is 5.41 Å². The number of piperazine rings is 1. The Morgan fingerprint density at radius 3 is 2.33 bits per heavy atom. The van der Waals surface area contributed by atoms with Crippen molar-refractivity contribution < 1.29 is 9.59 Å². The van der Waals surface area contributed by atoms with Crippen LogP contribution in [0.5, 0.6) is 0 Å². The summed E-state index contributed by atoms with van der Waals surface area (Å²) in [5.41, 5.74) is -0.684. The summed E-state index contributed by atoms with van der Waals surface area (Å²) in [7, 11) is 0. The third-order valence-corrected chi connectivity index (χ3v) is 5.09. The third-order valence-electron chi connectivity index (χ3n) is 4.76. The van der Waals surface area contributed by atoms with E-state index in [1.807, 2.05) is 18.2 Å². The maximum absolute atomic E-state index is 13.0. The highest BCUT2D eigenvalue weighted by Gasteiger charge is 2.40. The zero-order valence-electron chi connectivity index (χ0n) is 15.5. The van der Waals surface area contributed by atoms with Gasteiger partial charge >= 0.3 is 0 Å². The maximum atomic E-state index is 13.0. The molecule has 0 bridgehead atoms. The molecule has 1 aromatic heterocycles. The molecule has 1 N–H and O–H groups in total. The molecule has 1 aliphatic rings. The second-order valence-corrected chi connectivity index (χ2v) is 7.43. The summed E-state index contributed by atoms with van der Waals surface area (Å²) in [6.45, 7) is 5.77. The van der Waals surface area contributed by atoms with Gasteiger partial charge in [-0.2, -0.15) is 0 Å². The van der Waals surface area contributed by atoms with Gasteiger partial charge in [-0.15, -0.1) is 0 Å². The van der Waals surface area contributed by atoms with Crippen molar-refractivity contribution in [3.63, 3.8) is 0 Å². The van der Waals surface area contributed by atoms with Crippen LogP contribution in [0, 0.1) is 5.41 Å². The molecular weight excluding hydrogens is 364 g/mol. The SMILES string of the molecule is CC(C)(C(=O)Nc1ccccc1Cl)C(=O)N1CCN(c2ccccn2)CC1. The quantitative estimate of drug-likeness (QED) is 0.820. The molecule has 0 atom stereocenters. The zero-order valence-corrected chi connectivity index (χ0v) is 16.2. The molecule has 3 rings (SSSR count). The Morgan fingerprint density at radius 2 is 1.70 bits per heavy atom. The number of nitrogens with one attached hydrogen (secondary N) is 1. The van der Waals surface area contributed by atoms with Crippen LogP contribution in [0.25, 0.3) is 0 Å². The fourth-order valence-corrected chi connectivity index (χ4v) is 3.20. The molecule has 0 radical (unpaired) electrons. The Hall–Kier alpha value is -2.60. The number of hydrogen-bond acceptors (Lipinski definition) is 4. The maximum Gasteiger partial charge on any atom is 0.239 e. The Morgan fingerprint density at radius 1 is 1.04 bits per heavy atom. The fraction of sp³-hybridized carbons (Fsp3) is 0.350. The van der Waals surface area contributed by atoms with Crippen LogP contribution in [0.3, 0.4) is 0 Å². The first-order valence-corrected chi connectivity index (χ1v) is 9.29. The van der Waals surface area contributed by atoms with Gasteiger partial charge in [-0.25, -0.2) is 4.98 Å². The van der Waals surface area contributed by atoms with Crippen molar-refractivity contribution in [3.05, 3.63) is 53.7 Å². The van der Waals surface area contributed by atoms with Crippen LogP contribution in [0.15, 0.2) is 48.7 Å². The molecule has 2 heterocycles. The van der Waals surface area contributed by atoms with Crippen molar-refractivity contribution in [1.29, 1.82) is 0 Å². The van der Waals surface area contributed by atoms with E-state index in [0.717, 1.165) is 5.82 Å². The van der Waals surface area contributed by atoms with E-state index in [2.05, 4.69) is 15.2 Å². The summed E-state index contributed by atoms with van der Waals surface area (Å²) >= 11 is 6.10. The summed E-state index contributed by atoms with van der Waals surface area (Å²) < 4.78 is 0. The van der Waals surface area contributed by atoms with E-state index < -0.39 is 5.41 Å². The Bertz CT molecular complexity index is 818. The van der Waals surface area contributed by atoms with Crippen LogP contribution in [0.2, 0.25) is 5.02 Å². The van der Waals surface area contributed by atoms with Gasteiger partial charge in [0.25, 0.3) is 0 Å². The van der Waals surface area contributed by atoms with E-state index in [4.69, 9.17) is 11.6 Å². The number of pyridine rings is 1.